The largest absolute Gasteiger partial charge is 0.506 e. The predicted octanol–water partition coefficient (Wildman–Crippen LogP) is 3.00. The molecular weight excluding hydrogens is 226 g/mol. The first kappa shape index (κ1) is 11.2. The van der Waals surface area contributed by atoms with Gasteiger partial charge < -0.3 is 16.2 Å². The summed E-state index contributed by atoms with van der Waals surface area (Å²) >= 11 is 0. The van der Waals surface area contributed by atoms with Gasteiger partial charge in [0.1, 0.15) is 17.1 Å². The minimum Gasteiger partial charge on any atom is -0.506 e. The lowest BCUT2D eigenvalue weighted by Crippen LogP contribution is -2.02. The van der Waals surface area contributed by atoms with Gasteiger partial charge in [-0.25, -0.2) is 8.78 Å². The molecule has 3 nitrogen and oxygen atoms in total. The van der Waals surface area contributed by atoms with Crippen LogP contribution >= 0.6 is 0 Å². The molecule has 0 aliphatic heterocycles. The van der Waals surface area contributed by atoms with Crippen molar-refractivity contribution in [3.05, 3.63) is 48.0 Å². The molecule has 0 saturated heterocycles. The molecule has 0 radical (unpaired) electrons. The molecule has 2 aromatic rings. The van der Waals surface area contributed by atoms with Crippen LogP contribution in [0, 0.1) is 11.6 Å². The maximum absolute atomic E-state index is 13.5. The average Bonchev–Trinajstić information content (AvgIpc) is 2.33. The number of aromatic hydroxyl groups is 1. The summed E-state index contributed by atoms with van der Waals surface area (Å²) in [5.74, 6) is -2.78. The Kier molecular flexibility index (Phi) is 2.82. The van der Waals surface area contributed by atoms with Gasteiger partial charge >= 0.3 is 0 Å². The maximum Gasteiger partial charge on any atom is 0.184 e. The van der Waals surface area contributed by atoms with Crippen molar-refractivity contribution in [1.82, 2.24) is 0 Å². The number of para-hydroxylation sites is 1. The number of benzene rings is 2. The molecule has 0 aromatic heterocycles. The molecule has 0 aliphatic carbocycles. The molecule has 0 fully saturated rings. The van der Waals surface area contributed by atoms with Crippen molar-refractivity contribution >= 4 is 17.1 Å². The third-order valence-corrected chi connectivity index (χ3v) is 2.28. The fraction of sp³-hybridized carbons (Fsp3) is 0. The van der Waals surface area contributed by atoms with Crippen LogP contribution in [0.4, 0.5) is 25.8 Å². The van der Waals surface area contributed by atoms with E-state index < -0.39 is 17.4 Å². The topological polar surface area (TPSA) is 58.3 Å². The number of phenols is 1. The standard InChI is InChI=1S/C12H10F2N2O/c13-8-6-9(17)11(15)12(10(8)14)16-7-4-2-1-3-5-7/h1-6,16-17H,15H2. The molecule has 0 atom stereocenters. The highest BCUT2D eigenvalue weighted by atomic mass is 19.2. The number of hydrogen-bond donors (Lipinski definition) is 3. The van der Waals surface area contributed by atoms with Crippen LogP contribution in [0.15, 0.2) is 36.4 Å². The molecule has 0 unspecified atom stereocenters. The van der Waals surface area contributed by atoms with Crippen molar-refractivity contribution in [2.75, 3.05) is 11.1 Å². The number of anilines is 3. The van der Waals surface area contributed by atoms with E-state index in [1.165, 1.54) is 0 Å². The van der Waals surface area contributed by atoms with E-state index in [-0.39, 0.29) is 11.4 Å². The number of hydrogen-bond acceptors (Lipinski definition) is 3. The van der Waals surface area contributed by atoms with Crippen molar-refractivity contribution in [3.63, 3.8) is 0 Å². The summed E-state index contributed by atoms with van der Waals surface area (Å²) in [5, 5.41) is 11.9. The number of nitrogens with two attached hydrogens (primary N) is 1. The van der Waals surface area contributed by atoms with Gasteiger partial charge in [0.05, 0.1) is 0 Å². The smallest absolute Gasteiger partial charge is 0.184 e. The second-order valence-corrected chi connectivity index (χ2v) is 3.47. The zero-order valence-corrected chi connectivity index (χ0v) is 8.74. The maximum atomic E-state index is 13.5. The predicted molar refractivity (Wildman–Crippen MR) is 62.2 cm³/mol. The number of phenolic OH excluding ortho intramolecular Hbond substituents is 1. The van der Waals surface area contributed by atoms with Crippen molar-refractivity contribution in [3.8, 4) is 5.75 Å². The van der Waals surface area contributed by atoms with E-state index in [0.29, 0.717) is 11.8 Å². The third kappa shape index (κ3) is 2.13. The Morgan fingerprint density at radius 1 is 1.12 bits per heavy atom. The fourth-order valence-corrected chi connectivity index (χ4v) is 1.41. The van der Waals surface area contributed by atoms with E-state index in [1.807, 2.05) is 0 Å². The summed E-state index contributed by atoms with van der Waals surface area (Å²) in [7, 11) is 0. The molecule has 0 heterocycles. The van der Waals surface area contributed by atoms with Crippen LogP contribution in [-0.2, 0) is 0 Å². The summed E-state index contributed by atoms with van der Waals surface area (Å²) in [6.07, 6.45) is 0. The Bertz CT molecular complexity index is 518. The van der Waals surface area contributed by atoms with Gasteiger partial charge in [-0.1, -0.05) is 18.2 Å². The highest BCUT2D eigenvalue weighted by Gasteiger charge is 2.16. The highest BCUT2D eigenvalue weighted by Crippen LogP contribution is 2.34. The summed E-state index contributed by atoms with van der Waals surface area (Å²) in [4.78, 5) is 0. The zero-order valence-electron chi connectivity index (χ0n) is 8.74. The van der Waals surface area contributed by atoms with Crippen molar-refractivity contribution < 1.29 is 13.9 Å². The monoisotopic (exact) mass is 236 g/mol. The normalized spacial score (nSPS) is 10.2. The van der Waals surface area contributed by atoms with Gasteiger partial charge in [0.2, 0.25) is 0 Å². The van der Waals surface area contributed by atoms with E-state index >= 15 is 0 Å². The van der Waals surface area contributed by atoms with E-state index in [1.54, 1.807) is 30.3 Å². The van der Waals surface area contributed by atoms with Crippen LogP contribution in [0.5, 0.6) is 5.75 Å². The molecule has 0 bridgehead atoms. The molecule has 0 amide bonds. The average molecular weight is 236 g/mol. The second-order valence-electron chi connectivity index (χ2n) is 3.47. The number of rotatable bonds is 2. The van der Waals surface area contributed by atoms with Crippen LogP contribution in [0.25, 0.3) is 0 Å². The Hall–Kier alpha value is -2.30. The van der Waals surface area contributed by atoms with Gasteiger partial charge in [0.25, 0.3) is 0 Å². The Morgan fingerprint density at radius 3 is 2.41 bits per heavy atom. The molecule has 2 aromatic carbocycles. The Balaban J connectivity index is 2.46. The van der Waals surface area contributed by atoms with Gasteiger partial charge in [-0.2, -0.15) is 0 Å². The lowest BCUT2D eigenvalue weighted by Gasteiger charge is -2.12. The summed E-state index contributed by atoms with van der Waals surface area (Å²) < 4.78 is 26.6. The third-order valence-electron chi connectivity index (χ3n) is 2.28. The van der Waals surface area contributed by atoms with E-state index in [0.717, 1.165) is 0 Å². The van der Waals surface area contributed by atoms with Gasteiger partial charge in [0.15, 0.2) is 11.6 Å². The number of nitrogen functional groups attached to an aromatic ring is 1. The number of nitrogens with one attached hydrogen (secondary N) is 1. The zero-order chi connectivity index (χ0) is 12.4. The minimum atomic E-state index is -1.16. The van der Waals surface area contributed by atoms with Crippen molar-refractivity contribution in [1.29, 1.82) is 0 Å². The first-order valence-electron chi connectivity index (χ1n) is 4.88. The number of halogens is 2. The lowest BCUT2D eigenvalue weighted by molar-refractivity contribution is 0.459. The fourth-order valence-electron chi connectivity index (χ4n) is 1.41. The highest BCUT2D eigenvalue weighted by molar-refractivity contribution is 5.77. The first-order chi connectivity index (χ1) is 8.09. The van der Waals surface area contributed by atoms with Crippen LogP contribution in [0.1, 0.15) is 0 Å². The molecule has 17 heavy (non-hydrogen) atoms. The quantitative estimate of drug-likeness (QED) is 0.555. The first-order valence-corrected chi connectivity index (χ1v) is 4.88. The van der Waals surface area contributed by atoms with Crippen LogP contribution in [0.2, 0.25) is 0 Å². The molecule has 5 heteroatoms. The molecule has 0 spiro atoms. The van der Waals surface area contributed by atoms with E-state index in [2.05, 4.69) is 5.32 Å². The Labute approximate surface area is 96.5 Å². The molecule has 0 saturated carbocycles. The minimum absolute atomic E-state index is 0.229. The van der Waals surface area contributed by atoms with Gasteiger partial charge in [0, 0.05) is 11.8 Å². The van der Waals surface area contributed by atoms with Crippen molar-refractivity contribution in [2.24, 2.45) is 0 Å². The van der Waals surface area contributed by atoms with Crippen LogP contribution < -0.4 is 11.1 Å². The second kappa shape index (κ2) is 4.29. The summed E-state index contributed by atoms with van der Waals surface area (Å²) in [5.41, 5.74) is 5.53. The molecule has 88 valence electrons. The van der Waals surface area contributed by atoms with Gasteiger partial charge in [-0.15, -0.1) is 0 Å². The van der Waals surface area contributed by atoms with Gasteiger partial charge in [-0.3, -0.25) is 0 Å². The molecule has 0 aliphatic rings. The molecule has 2 rings (SSSR count). The summed E-state index contributed by atoms with van der Waals surface area (Å²) in [6.45, 7) is 0. The van der Waals surface area contributed by atoms with Gasteiger partial charge in [-0.05, 0) is 12.1 Å². The van der Waals surface area contributed by atoms with Crippen molar-refractivity contribution in [2.45, 2.75) is 0 Å². The molecular formula is C12H10F2N2O. The van der Waals surface area contributed by atoms with E-state index in [9.17, 15) is 13.9 Å². The van der Waals surface area contributed by atoms with E-state index in [4.69, 9.17) is 5.73 Å². The summed E-state index contributed by atoms with van der Waals surface area (Å²) in [6, 6.07) is 9.22. The van der Waals surface area contributed by atoms with Crippen LogP contribution in [-0.4, -0.2) is 5.11 Å². The molecule has 4 N–H and O–H groups in total. The lowest BCUT2D eigenvalue weighted by atomic mass is 10.2. The Morgan fingerprint density at radius 2 is 1.76 bits per heavy atom. The SMILES string of the molecule is Nc1c(O)cc(F)c(F)c1Nc1ccccc1. The van der Waals surface area contributed by atoms with Crippen LogP contribution in [0.3, 0.4) is 0 Å².